The van der Waals surface area contributed by atoms with Crippen LogP contribution in [-0.4, -0.2) is 6.22 Å². The topological polar surface area (TPSA) is 0 Å². The van der Waals surface area contributed by atoms with Crippen molar-refractivity contribution >= 4 is 18.4 Å². The van der Waals surface area contributed by atoms with E-state index in [1.165, 1.54) is 36.4 Å². The Morgan fingerprint density at radius 2 is 1.28 bits per heavy atom. The Labute approximate surface area is 185 Å². The molecular weight excluding hydrogens is 531 g/mol. The van der Waals surface area contributed by atoms with Crippen LogP contribution in [0.3, 0.4) is 0 Å². The molecule has 2 aliphatic carbocycles. The van der Waals surface area contributed by atoms with Gasteiger partial charge in [-0.25, -0.2) is 0 Å². The molecule has 0 radical (unpaired) electrons. The van der Waals surface area contributed by atoms with E-state index in [0.29, 0.717) is 6.22 Å². The summed E-state index contributed by atoms with van der Waals surface area (Å²) < 4.78 is 1.60. The van der Waals surface area contributed by atoms with Gasteiger partial charge >= 0.3 is 187 Å². The van der Waals surface area contributed by atoms with Crippen LogP contribution in [0.2, 0.25) is 6.04 Å². The summed E-state index contributed by atoms with van der Waals surface area (Å²) in [5.41, 5.74) is 12.7. The van der Waals surface area contributed by atoms with E-state index in [4.69, 9.17) is 0 Å². The van der Waals surface area contributed by atoms with Crippen molar-refractivity contribution in [3.05, 3.63) is 80.9 Å². The first-order valence-electron chi connectivity index (χ1n) is 11.3. The summed E-state index contributed by atoms with van der Waals surface area (Å²) in [6.07, 6.45) is 9.90. The number of allylic oxidation sites excluding steroid dienone is 2. The van der Waals surface area contributed by atoms with Gasteiger partial charge in [0.05, 0.1) is 0 Å². The van der Waals surface area contributed by atoms with Gasteiger partial charge in [0.1, 0.15) is 0 Å². The van der Waals surface area contributed by atoms with Crippen LogP contribution >= 0.6 is 0 Å². The van der Waals surface area contributed by atoms with Crippen LogP contribution in [0.4, 0.5) is 0 Å². The van der Waals surface area contributed by atoms with Crippen molar-refractivity contribution in [3.63, 3.8) is 0 Å². The van der Waals surface area contributed by atoms with Crippen molar-refractivity contribution in [2.24, 2.45) is 0 Å². The Balaban J connectivity index is 1.82. The molecule has 29 heavy (non-hydrogen) atoms. The zero-order valence-electron chi connectivity index (χ0n) is 18.7. The van der Waals surface area contributed by atoms with E-state index in [0.717, 1.165) is 7.35 Å². The van der Waals surface area contributed by atoms with E-state index in [1.54, 1.807) is 33.4 Å². The molecule has 4 rings (SSSR count). The molecule has 150 valence electrons. The molecule has 2 aliphatic rings. The van der Waals surface area contributed by atoms with E-state index in [-0.39, 0.29) is 0 Å². The summed E-state index contributed by atoms with van der Waals surface area (Å²) >= 11 is -2.02. The molecule has 0 amide bonds. The molecular formula is C27H34HfSi. The van der Waals surface area contributed by atoms with Crippen molar-refractivity contribution in [2.45, 2.75) is 67.3 Å². The third-order valence-corrected chi connectivity index (χ3v) is 32.0. The Kier molecular flexibility index (Phi) is 6.61. The molecule has 2 atom stereocenters. The molecule has 0 aromatic heterocycles. The van der Waals surface area contributed by atoms with Crippen molar-refractivity contribution in [3.8, 4) is 0 Å². The molecule has 0 saturated heterocycles. The second kappa shape index (κ2) is 9.02. The predicted molar refractivity (Wildman–Crippen MR) is 127 cm³/mol. The van der Waals surface area contributed by atoms with Gasteiger partial charge in [-0.1, -0.05) is 0 Å². The zero-order chi connectivity index (χ0) is 20.5. The molecule has 2 aromatic rings. The van der Waals surface area contributed by atoms with Gasteiger partial charge in [0.2, 0.25) is 0 Å². The second-order valence-electron chi connectivity index (χ2n) is 9.00. The summed E-state index contributed by atoms with van der Waals surface area (Å²) in [5, 5.41) is 0. The third kappa shape index (κ3) is 4.00. The van der Waals surface area contributed by atoms with Gasteiger partial charge in [-0.15, -0.1) is 0 Å². The second-order valence-corrected chi connectivity index (χ2v) is 27.6. The molecule has 0 N–H and O–H groups in total. The fraction of sp³-hybridized carbons (Fsp3) is 0.407. The molecule has 2 unspecified atom stereocenters. The van der Waals surface area contributed by atoms with Crippen molar-refractivity contribution in [2.75, 3.05) is 0 Å². The van der Waals surface area contributed by atoms with Gasteiger partial charge in [-0.2, -0.15) is 0 Å². The first-order valence-corrected chi connectivity index (χ1v) is 23.0. The van der Waals surface area contributed by atoms with Crippen LogP contribution < -0.4 is 0 Å². The molecule has 2 heteroatoms. The van der Waals surface area contributed by atoms with E-state index in [1.807, 2.05) is 0 Å². The number of hydrogen-bond acceptors (Lipinski definition) is 0. The van der Waals surface area contributed by atoms with Gasteiger partial charge in [0, 0.05) is 0 Å². The van der Waals surface area contributed by atoms with Crippen LogP contribution in [0.5, 0.6) is 0 Å². The van der Waals surface area contributed by atoms with E-state index >= 15 is 0 Å². The van der Waals surface area contributed by atoms with Crippen LogP contribution in [0.15, 0.2) is 47.5 Å². The summed E-state index contributed by atoms with van der Waals surface area (Å²) in [6.45, 7) is 11.8. The molecule has 2 aromatic carbocycles. The van der Waals surface area contributed by atoms with Crippen LogP contribution in [-0.2, 0) is 20.1 Å². The summed E-state index contributed by atoms with van der Waals surface area (Å²) in [5.74, 6) is 0. The molecule has 0 bridgehead atoms. The van der Waals surface area contributed by atoms with Gasteiger partial charge < -0.3 is 0 Å². The molecule has 0 spiro atoms. The van der Waals surface area contributed by atoms with Crippen LogP contribution in [0.1, 0.15) is 80.8 Å². The standard InChI is InChI=1S/2C11H11.C5H12Si.Hf/c2*1-8-6-10-5-3-4-9(2)11(10)7-8;1-2-3-4-5-6;/h2*3-7H,1-2H3;6H,2-5H2,1H3;. The number of fused-ring (bicyclic) bond motifs is 2. The molecule has 0 aliphatic heterocycles. The van der Waals surface area contributed by atoms with E-state index in [9.17, 15) is 0 Å². The quantitative estimate of drug-likeness (QED) is 0.252. The fourth-order valence-corrected chi connectivity index (χ4v) is 34.7. The Morgan fingerprint density at radius 3 is 1.76 bits per heavy atom. The monoisotopic (exact) mass is 566 g/mol. The molecule has 0 fully saturated rings. The average Bonchev–Trinajstić information content (AvgIpc) is 3.21. The molecule has 0 saturated carbocycles. The Hall–Kier alpha value is -0.993. The number of aryl methyl sites for hydroxylation is 2. The van der Waals surface area contributed by atoms with Gasteiger partial charge in [-0.3, -0.25) is 0 Å². The van der Waals surface area contributed by atoms with Gasteiger partial charge in [-0.05, 0) is 0 Å². The van der Waals surface area contributed by atoms with Crippen molar-refractivity contribution in [1.29, 1.82) is 0 Å². The van der Waals surface area contributed by atoms with Crippen molar-refractivity contribution in [1.82, 2.24) is 0 Å². The summed E-state index contributed by atoms with van der Waals surface area (Å²) in [7, 11) is 0. The normalized spacial score (nSPS) is 19.5. The first-order chi connectivity index (χ1) is 14.0. The molecule has 0 nitrogen and oxygen atoms in total. The first kappa shape index (κ1) is 21.2. The maximum absolute atomic E-state index is 2.54. The minimum absolute atomic E-state index is 0.616. The Morgan fingerprint density at radius 1 is 0.759 bits per heavy atom. The SMILES string of the molecule is CCCCC[SiH]=[Hf]([CH]1C(C)=Cc2c(C)cccc21)[CH]1C(C)=Cc2c(C)cccc21. The number of benzene rings is 2. The third-order valence-electron chi connectivity index (χ3n) is 6.85. The summed E-state index contributed by atoms with van der Waals surface area (Å²) in [6, 6.07) is 15.6. The maximum atomic E-state index is 2.54. The van der Waals surface area contributed by atoms with Crippen LogP contribution in [0.25, 0.3) is 12.2 Å². The minimum atomic E-state index is -2.02. The van der Waals surface area contributed by atoms with Gasteiger partial charge in [0.15, 0.2) is 0 Å². The van der Waals surface area contributed by atoms with E-state index in [2.05, 4.69) is 83.2 Å². The molecule has 0 heterocycles. The number of rotatable bonds is 6. The van der Waals surface area contributed by atoms with E-state index < -0.39 is 20.1 Å². The summed E-state index contributed by atoms with van der Waals surface area (Å²) in [4.78, 5) is 0. The Bertz CT molecular complexity index is 949. The van der Waals surface area contributed by atoms with Gasteiger partial charge in [0.25, 0.3) is 0 Å². The zero-order valence-corrected chi connectivity index (χ0v) is 23.4. The number of hydrogen-bond donors (Lipinski definition) is 0. The average molecular weight is 565 g/mol. The predicted octanol–water partition coefficient (Wildman–Crippen LogP) is 7.50. The fourth-order valence-electron chi connectivity index (χ4n) is 5.37. The number of unbranched alkanes of at least 4 members (excludes halogenated alkanes) is 2. The van der Waals surface area contributed by atoms with Crippen LogP contribution in [0, 0.1) is 13.8 Å². The van der Waals surface area contributed by atoms with Crippen molar-refractivity contribution < 1.29 is 20.1 Å².